The van der Waals surface area contributed by atoms with Gasteiger partial charge >= 0.3 is 0 Å². The zero-order chi connectivity index (χ0) is 9.80. The molecule has 0 aliphatic rings. The molecule has 2 aromatic rings. The average Bonchev–Trinajstić information content (AvgIpc) is 2.30. The molecule has 0 unspecified atom stereocenters. The van der Waals surface area contributed by atoms with Gasteiger partial charge in [0.15, 0.2) is 0 Å². The van der Waals surface area contributed by atoms with Crippen molar-refractivity contribution in [3.8, 4) is 0 Å². The molecular weight excluding hydrogens is 208 g/mol. The van der Waals surface area contributed by atoms with Gasteiger partial charge < -0.3 is 0 Å². The van der Waals surface area contributed by atoms with Gasteiger partial charge in [-0.15, -0.1) is 11.7 Å². The average molecular weight is 220 g/mol. The summed E-state index contributed by atoms with van der Waals surface area (Å²) >= 11 is 4.67. The molecule has 2 aromatic carbocycles. The Balaban J connectivity index is 2.30. The van der Waals surface area contributed by atoms with E-state index in [4.69, 9.17) is 0 Å². The quantitative estimate of drug-likeness (QED) is 0.555. The van der Waals surface area contributed by atoms with Gasteiger partial charge in [-0.05, 0) is 24.3 Å². The SMILES string of the molecule is S[SH](c1ccccc1)c1ccccc1. The maximum atomic E-state index is 4.67. The lowest BCUT2D eigenvalue weighted by molar-refractivity contribution is 1.40. The summed E-state index contributed by atoms with van der Waals surface area (Å²) in [7, 11) is -0.476. The third-order valence-electron chi connectivity index (χ3n) is 2.00. The Morgan fingerprint density at radius 3 is 1.36 bits per heavy atom. The van der Waals surface area contributed by atoms with Crippen molar-refractivity contribution in [3.63, 3.8) is 0 Å². The highest BCUT2D eigenvalue weighted by Gasteiger charge is 2.02. The van der Waals surface area contributed by atoms with Crippen molar-refractivity contribution in [1.82, 2.24) is 0 Å². The summed E-state index contributed by atoms with van der Waals surface area (Å²) in [6.45, 7) is 0. The summed E-state index contributed by atoms with van der Waals surface area (Å²) in [6, 6.07) is 20.8. The fourth-order valence-corrected chi connectivity index (χ4v) is 3.29. The van der Waals surface area contributed by atoms with Crippen LogP contribution in [0.1, 0.15) is 0 Å². The molecule has 0 radical (unpaired) electrons. The fraction of sp³-hybridized carbons (Fsp3) is 0. The third kappa shape index (κ3) is 2.14. The summed E-state index contributed by atoms with van der Waals surface area (Å²) in [5.74, 6) is 0. The molecule has 0 spiro atoms. The Morgan fingerprint density at radius 1 is 0.643 bits per heavy atom. The highest BCUT2D eigenvalue weighted by molar-refractivity contribution is 8.78. The first-order valence-electron chi connectivity index (χ1n) is 4.47. The number of thiol groups is 2. The second-order valence-electron chi connectivity index (χ2n) is 2.98. The minimum atomic E-state index is -0.476. The summed E-state index contributed by atoms with van der Waals surface area (Å²) in [4.78, 5) is 2.61. The molecule has 0 saturated carbocycles. The lowest BCUT2D eigenvalue weighted by atomic mass is 10.4. The van der Waals surface area contributed by atoms with E-state index >= 15 is 0 Å². The topological polar surface area (TPSA) is 0 Å². The Bertz CT molecular complexity index is 344. The molecule has 0 N–H and O–H groups in total. The van der Waals surface area contributed by atoms with Crippen LogP contribution in [-0.2, 0) is 0 Å². The Labute approximate surface area is 92.1 Å². The number of benzene rings is 2. The molecule has 14 heavy (non-hydrogen) atoms. The highest BCUT2D eigenvalue weighted by Crippen LogP contribution is 2.47. The van der Waals surface area contributed by atoms with E-state index in [-0.39, 0.29) is 0 Å². The molecule has 0 heterocycles. The smallest absolute Gasteiger partial charge is 0.0000942 e. The van der Waals surface area contributed by atoms with Crippen molar-refractivity contribution in [2.45, 2.75) is 9.79 Å². The fourth-order valence-electron chi connectivity index (χ4n) is 1.29. The van der Waals surface area contributed by atoms with Crippen molar-refractivity contribution in [1.29, 1.82) is 0 Å². The van der Waals surface area contributed by atoms with Crippen LogP contribution in [0.5, 0.6) is 0 Å². The zero-order valence-corrected chi connectivity index (χ0v) is 9.46. The lowest BCUT2D eigenvalue weighted by Gasteiger charge is -2.15. The standard InChI is InChI=1S/C12H12S2/c13-14(11-7-3-1-4-8-11)12-9-5-2-6-10-12/h1-10,13-14H. The summed E-state index contributed by atoms with van der Waals surface area (Å²) < 4.78 is 0. The van der Waals surface area contributed by atoms with Gasteiger partial charge in [-0.1, -0.05) is 36.4 Å². The summed E-state index contributed by atoms with van der Waals surface area (Å²) in [5.41, 5.74) is 0. The van der Waals surface area contributed by atoms with Crippen LogP contribution in [0.2, 0.25) is 0 Å². The highest BCUT2D eigenvalue weighted by atomic mass is 33.1. The van der Waals surface area contributed by atoms with Gasteiger partial charge in [-0.3, -0.25) is 0 Å². The molecule has 2 heteroatoms. The number of rotatable bonds is 2. The van der Waals surface area contributed by atoms with Crippen LogP contribution in [0.4, 0.5) is 0 Å². The molecule has 0 atom stereocenters. The predicted molar refractivity (Wildman–Crippen MR) is 67.4 cm³/mol. The molecule has 72 valence electrons. The van der Waals surface area contributed by atoms with Gasteiger partial charge in [0.25, 0.3) is 0 Å². The summed E-state index contributed by atoms with van der Waals surface area (Å²) in [6.07, 6.45) is 0. The van der Waals surface area contributed by atoms with Crippen molar-refractivity contribution in [3.05, 3.63) is 60.7 Å². The number of hydrogen-bond acceptors (Lipinski definition) is 1. The largest absolute Gasteiger partial charge is 0.153 e. The monoisotopic (exact) mass is 220 g/mol. The van der Waals surface area contributed by atoms with Gasteiger partial charge in [0.2, 0.25) is 0 Å². The maximum absolute atomic E-state index is 4.67. The molecule has 0 saturated heterocycles. The number of hydrogen-bond donors (Lipinski definition) is 2. The van der Waals surface area contributed by atoms with Crippen LogP contribution in [0.3, 0.4) is 0 Å². The van der Waals surface area contributed by atoms with Crippen LogP contribution in [0.15, 0.2) is 70.5 Å². The van der Waals surface area contributed by atoms with Gasteiger partial charge in [0.1, 0.15) is 0 Å². The van der Waals surface area contributed by atoms with Gasteiger partial charge in [0.05, 0.1) is 0 Å². The Morgan fingerprint density at radius 2 is 1.00 bits per heavy atom. The molecular formula is C12H12S2. The van der Waals surface area contributed by atoms with Crippen LogP contribution < -0.4 is 0 Å². The minimum absolute atomic E-state index is 0.476. The first kappa shape index (κ1) is 9.69. The van der Waals surface area contributed by atoms with E-state index in [1.165, 1.54) is 9.79 Å². The predicted octanol–water partition coefficient (Wildman–Crippen LogP) is 3.95. The molecule has 0 bridgehead atoms. The molecule has 0 aliphatic carbocycles. The van der Waals surface area contributed by atoms with Gasteiger partial charge in [0, 0.05) is 9.79 Å². The van der Waals surface area contributed by atoms with E-state index in [2.05, 4.69) is 60.2 Å². The van der Waals surface area contributed by atoms with Crippen molar-refractivity contribution >= 4 is 21.6 Å². The van der Waals surface area contributed by atoms with E-state index in [1.54, 1.807) is 0 Å². The Kier molecular flexibility index (Phi) is 3.17. The molecule has 2 rings (SSSR count). The molecule has 0 fully saturated rings. The first-order chi connectivity index (χ1) is 6.88. The van der Waals surface area contributed by atoms with Gasteiger partial charge in [-0.2, -0.15) is 9.93 Å². The second-order valence-corrected chi connectivity index (χ2v) is 5.84. The van der Waals surface area contributed by atoms with Crippen molar-refractivity contribution in [2.75, 3.05) is 0 Å². The van der Waals surface area contributed by atoms with E-state index < -0.39 is 9.93 Å². The van der Waals surface area contributed by atoms with E-state index in [9.17, 15) is 0 Å². The zero-order valence-electron chi connectivity index (χ0n) is 7.67. The van der Waals surface area contributed by atoms with Crippen LogP contribution in [0.25, 0.3) is 0 Å². The minimum Gasteiger partial charge on any atom is -0.153 e. The van der Waals surface area contributed by atoms with Crippen molar-refractivity contribution < 1.29 is 0 Å². The van der Waals surface area contributed by atoms with Gasteiger partial charge in [-0.25, -0.2) is 0 Å². The molecule has 0 amide bonds. The molecule has 0 aliphatic heterocycles. The first-order valence-corrected chi connectivity index (χ1v) is 6.96. The maximum Gasteiger partial charge on any atom is 0.0000942 e. The molecule has 0 nitrogen and oxygen atoms in total. The van der Waals surface area contributed by atoms with Crippen LogP contribution in [0, 0.1) is 0 Å². The van der Waals surface area contributed by atoms with Crippen molar-refractivity contribution in [2.24, 2.45) is 0 Å². The van der Waals surface area contributed by atoms with Crippen LogP contribution >= 0.6 is 21.6 Å². The van der Waals surface area contributed by atoms with E-state index in [0.29, 0.717) is 0 Å². The molecule has 0 aromatic heterocycles. The lowest BCUT2D eigenvalue weighted by Crippen LogP contribution is -1.77. The van der Waals surface area contributed by atoms with Crippen LogP contribution in [-0.4, -0.2) is 0 Å². The summed E-state index contributed by atoms with van der Waals surface area (Å²) in [5, 5.41) is 0. The second kappa shape index (κ2) is 4.58. The normalized spacial score (nSPS) is 11.1. The third-order valence-corrected chi connectivity index (χ3v) is 4.96. The van der Waals surface area contributed by atoms with E-state index in [1.807, 2.05) is 12.1 Å². The Hall–Kier alpha value is -0.860. The van der Waals surface area contributed by atoms with E-state index in [0.717, 1.165) is 0 Å².